The Balaban J connectivity index is 0.00000264. The number of aliphatic imine (C=N–C) groups is 1. The Morgan fingerprint density at radius 2 is 1.96 bits per heavy atom. The van der Waals surface area contributed by atoms with E-state index in [9.17, 15) is 8.42 Å². The molecule has 2 rings (SSSR count). The zero-order valence-corrected chi connectivity index (χ0v) is 16.4. The van der Waals surface area contributed by atoms with E-state index in [4.69, 9.17) is 5.73 Å². The highest BCUT2D eigenvalue weighted by molar-refractivity contribution is 14.0. The van der Waals surface area contributed by atoms with Crippen LogP contribution in [0.3, 0.4) is 0 Å². The van der Waals surface area contributed by atoms with Gasteiger partial charge in [-0.05, 0) is 37.0 Å². The summed E-state index contributed by atoms with van der Waals surface area (Å²) in [6.45, 7) is 3.36. The van der Waals surface area contributed by atoms with Crippen molar-refractivity contribution < 1.29 is 8.42 Å². The van der Waals surface area contributed by atoms with Crippen molar-refractivity contribution in [3.63, 3.8) is 0 Å². The van der Waals surface area contributed by atoms with Crippen molar-refractivity contribution in [1.82, 2.24) is 10.0 Å². The second-order valence-corrected chi connectivity index (χ2v) is 7.24. The number of halogens is 1. The summed E-state index contributed by atoms with van der Waals surface area (Å²) >= 11 is 0. The lowest BCUT2D eigenvalue weighted by Gasteiger charge is -2.07. The van der Waals surface area contributed by atoms with Gasteiger partial charge in [0.05, 0.1) is 11.4 Å². The number of rotatable bonds is 8. The van der Waals surface area contributed by atoms with Gasteiger partial charge in [-0.2, -0.15) is 0 Å². The van der Waals surface area contributed by atoms with E-state index in [2.05, 4.69) is 22.0 Å². The van der Waals surface area contributed by atoms with Gasteiger partial charge in [-0.1, -0.05) is 25.5 Å². The molecule has 0 heterocycles. The number of nitrogens with zero attached hydrogens (tertiary/aromatic N) is 1. The maximum Gasteiger partial charge on any atom is 0.240 e. The van der Waals surface area contributed by atoms with Crippen molar-refractivity contribution >= 4 is 40.0 Å². The Kier molecular flexibility index (Phi) is 8.27. The number of guanidine groups is 1. The van der Waals surface area contributed by atoms with Gasteiger partial charge in [0.15, 0.2) is 5.96 Å². The minimum Gasteiger partial charge on any atom is -0.370 e. The van der Waals surface area contributed by atoms with Crippen molar-refractivity contribution in [2.75, 3.05) is 6.54 Å². The first-order valence-corrected chi connectivity index (χ1v) is 9.14. The summed E-state index contributed by atoms with van der Waals surface area (Å²) in [4.78, 5) is 4.53. The average molecular weight is 452 g/mol. The number of unbranched alkanes of at least 4 members (excludes halogenated alkanes) is 1. The van der Waals surface area contributed by atoms with Crippen molar-refractivity contribution in [3.8, 4) is 0 Å². The molecule has 0 atom stereocenters. The van der Waals surface area contributed by atoms with Gasteiger partial charge in [-0.3, -0.25) is 0 Å². The molecule has 130 valence electrons. The van der Waals surface area contributed by atoms with Gasteiger partial charge in [0.2, 0.25) is 10.0 Å². The third kappa shape index (κ3) is 7.05. The largest absolute Gasteiger partial charge is 0.370 e. The lowest BCUT2D eigenvalue weighted by atomic mass is 10.2. The monoisotopic (exact) mass is 452 g/mol. The number of hydrogen-bond acceptors (Lipinski definition) is 3. The van der Waals surface area contributed by atoms with Crippen LogP contribution in [-0.4, -0.2) is 27.0 Å². The molecule has 0 amide bonds. The van der Waals surface area contributed by atoms with Crippen molar-refractivity contribution in [2.45, 2.75) is 50.1 Å². The quantitative estimate of drug-likeness (QED) is 0.243. The van der Waals surface area contributed by atoms with Crippen LogP contribution in [0.15, 0.2) is 34.2 Å². The Morgan fingerprint density at radius 3 is 2.52 bits per heavy atom. The second kappa shape index (κ2) is 9.43. The fourth-order valence-corrected chi connectivity index (χ4v) is 3.19. The number of nitrogens with two attached hydrogens (primary N) is 1. The highest BCUT2D eigenvalue weighted by Crippen LogP contribution is 2.22. The van der Waals surface area contributed by atoms with Crippen molar-refractivity contribution in [2.24, 2.45) is 10.7 Å². The SMILES string of the molecule is CCCCNC(N)=NCc1ccc(S(=O)(=O)NC2CC2)cc1.I. The van der Waals surface area contributed by atoms with E-state index >= 15 is 0 Å². The highest BCUT2D eigenvalue weighted by atomic mass is 127. The lowest BCUT2D eigenvalue weighted by molar-refractivity contribution is 0.581. The average Bonchev–Trinajstić information content (AvgIpc) is 3.29. The van der Waals surface area contributed by atoms with Crippen LogP contribution in [0.25, 0.3) is 0 Å². The predicted molar refractivity (Wildman–Crippen MR) is 103 cm³/mol. The molecule has 0 saturated heterocycles. The van der Waals surface area contributed by atoms with Crippen LogP contribution >= 0.6 is 24.0 Å². The molecule has 0 aliphatic heterocycles. The number of benzene rings is 1. The summed E-state index contributed by atoms with van der Waals surface area (Å²) < 4.78 is 26.7. The molecule has 0 unspecified atom stereocenters. The fraction of sp³-hybridized carbons (Fsp3) is 0.533. The Bertz CT molecular complexity index is 613. The molecule has 8 heteroatoms. The van der Waals surface area contributed by atoms with E-state index < -0.39 is 10.0 Å². The Hall–Kier alpha value is -0.870. The molecule has 1 aromatic rings. The van der Waals surface area contributed by atoms with Crippen LogP contribution in [0, 0.1) is 0 Å². The first kappa shape index (κ1) is 20.2. The van der Waals surface area contributed by atoms with Crippen LogP contribution in [-0.2, 0) is 16.6 Å². The van der Waals surface area contributed by atoms with Crippen molar-refractivity contribution in [3.05, 3.63) is 29.8 Å². The minimum absolute atomic E-state index is 0. The Morgan fingerprint density at radius 1 is 1.30 bits per heavy atom. The molecule has 4 N–H and O–H groups in total. The first-order valence-electron chi connectivity index (χ1n) is 7.66. The number of nitrogens with one attached hydrogen (secondary N) is 2. The molecule has 6 nitrogen and oxygen atoms in total. The van der Waals surface area contributed by atoms with Gasteiger partial charge >= 0.3 is 0 Å². The highest BCUT2D eigenvalue weighted by Gasteiger charge is 2.27. The molecule has 1 saturated carbocycles. The zero-order valence-electron chi connectivity index (χ0n) is 13.3. The van der Waals surface area contributed by atoms with Gasteiger partial charge in [0, 0.05) is 12.6 Å². The van der Waals surface area contributed by atoms with E-state index in [1.54, 1.807) is 24.3 Å². The molecule has 1 aromatic carbocycles. The topological polar surface area (TPSA) is 96.6 Å². The summed E-state index contributed by atoms with van der Waals surface area (Å²) in [7, 11) is -3.38. The molecule has 0 aromatic heterocycles. The third-order valence-electron chi connectivity index (χ3n) is 3.40. The van der Waals surface area contributed by atoms with Crippen LogP contribution < -0.4 is 15.8 Å². The number of hydrogen-bond donors (Lipinski definition) is 3. The zero-order chi connectivity index (χ0) is 16.0. The summed E-state index contributed by atoms with van der Waals surface area (Å²) in [5.41, 5.74) is 6.68. The molecule has 0 spiro atoms. The molecule has 1 aliphatic rings. The third-order valence-corrected chi connectivity index (χ3v) is 4.94. The molecule has 1 fully saturated rings. The summed E-state index contributed by atoms with van der Waals surface area (Å²) in [6, 6.07) is 6.87. The maximum atomic E-state index is 12.0. The van der Waals surface area contributed by atoms with Gasteiger partial charge in [-0.25, -0.2) is 18.1 Å². The summed E-state index contributed by atoms with van der Waals surface area (Å²) in [5.74, 6) is 0.417. The molecule has 23 heavy (non-hydrogen) atoms. The smallest absolute Gasteiger partial charge is 0.240 e. The van der Waals surface area contributed by atoms with Gasteiger partial charge < -0.3 is 11.1 Å². The maximum absolute atomic E-state index is 12.0. The summed E-state index contributed by atoms with van der Waals surface area (Å²) in [6.07, 6.45) is 4.01. The second-order valence-electron chi connectivity index (χ2n) is 5.52. The molecular weight excluding hydrogens is 427 g/mol. The van der Waals surface area contributed by atoms with Crippen LogP contribution in [0.4, 0.5) is 0 Å². The van der Waals surface area contributed by atoms with Gasteiger partial charge in [0.1, 0.15) is 0 Å². The number of sulfonamides is 1. The van der Waals surface area contributed by atoms with Crippen LogP contribution in [0.5, 0.6) is 0 Å². The predicted octanol–water partition coefficient (Wildman–Crippen LogP) is 1.95. The standard InChI is InChI=1S/C15H24N4O2S.HI/c1-2-3-10-17-15(16)18-11-12-4-8-14(9-5-12)22(20,21)19-13-6-7-13;/h4-5,8-9,13,19H,2-3,6-7,10-11H2,1H3,(H3,16,17,18);1H. The van der Waals surface area contributed by atoms with Crippen molar-refractivity contribution in [1.29, 1.82) is 0 Å². The molecular formula is C15H25IN4O2S. The lowest BCUT2D eigenvalue weighted by Crippen LogP contribution is -2.32. The molecule has 0 radical (unpaired) electrons. The minimum atomic E-state index is -3.38. The molecule has 1 aliphatic carbocycles. The summed E-state index contributed by atoms with van der Waals surface area (Å²) in [5, 5.41) is 3.04. The van der Waals surface area contributed by atoms with Gasteiger partial charge in [0.25, 0.3) is 0 Å². The van der Waals surface area contributed by atoms with E-state index in [1.807, 2.05) is 0 Å². The van der Waals surface area contributed by atoms with Gasteiger partial charge in [-0.15, -0.1) is 24.0 Å². The fourth-order valence-electron chi connectivity index (χ4n) is 1.89. The van der Waals surface area contributed by atoms with E-state index in [-0.39, 0.29) is 30.0 Å². The van der Waals surface area contributed by atoms with E-state index in [0.717, 1.165) is 37.8 Å². The van der Waals surface area contributed by atoms with E-state index in [0.29, 0.717) is 17.4 Å². The Labute approximate surface area is 155 Å². The molecule has 0 bridgehead atoms. The van der Waals surface area contributed by atoms with Crippen LogP contribution in [0.2, 0.25) is 0 Å². The normalized spacial score (nSPS) is 15.1. The first-order chi connectivity index (χ1) is 10.5. The van der Waals surface area contributed by atoms with E-state index in [1.165, 1.54) is 0 Å². The van der Waals surface area contributed by atoms with Crippen LogP contribution in [0.1, 0.15) is 38.2 Å².